The van der Waals surface area contributed by atoms with Crippen molar-refractivity contribution in [1.82, 2.24) is 4.57 Å². The third-order valence-electron chi connectivity index (χ3n) is 10.3. The van der Waals surface area contributed by atoms with Gasteiger partial charge in [-0.1, -0.05) is 121 Å². The van der Waals surface area contributed by atoms with Crippen molar-refractivity contribution in [3.05, 3.63) is 182 Å². The van der Waals surface area contributed by atoms with Gasteiger partial charge < -0.3 is 9.47 Å². The molecule has 0 N–H and O–H groups in total. The number of para-hydroxylation sites is 3. The highest BCUT2D eigenvalue weighted by Crippen LogP contribution is 2.46. The number of hydrogen-bond donors (Lipinski definition) is 0. The number of anilines is 3. The van der Waals surface area contributed by atoms with E-state index in [4.69, 9.17) is 0 Å². The van der Waals surface area contributed by atoms with E-state index < -0.39 is 0 Å². The Balaban J connectivity index is 1.28. The molecule has 52 heavy (non-hydrogen) atoms. The molecule has 0 aliphatic heterocycles. The van der Waals surface area contributed by atoms with Gasteiger partial charge >= 0.3 is 0 Å². The zero-order chi connectivity index (χ0) is 34.2. The van der Waals surface area contributed by atoms with Gasteiger partial charge in [0.2, 0.25) is 0 Å². The molecule has 244 valence electrons. The highest BCUT2D eigenvalue weighted by molar-refractivity contribution is 7.27. The van der Waals surface area contributed by atoms with Gasteiger partial charge in [-0.05, 0) is 71.8 Å². The van der Waals surface area contributed by atoms with Crippen LogP contribution in [0, 0.1) is 0 Å². The van der Waals surface area contributed by atoms with Gasteiger partial charge in [0.25, 0.3) is 0 Å². The first-order valence-corrected chi connectivity index (χ1v) is 19.2. The normalized spacial score (nSPS) is 11.8. The summed E-state index contributed by atoms with van der Waals surface area (Å²) in [7, 11) is 0. The van der Waals surface area contributed by atoms with E-state index in [1.54, 1.807) is 0 Å². The van der Waals surface area contributed by atoms with E-state index in [1.165, 1.54) is 73.3 Å². The molecule has 11 rings (SSSR count). The number of nitrogens with zero attached hydrogens (tertiary/aromatic N) is 2. The van der Waals surface area contributed by atoms with Crippen molar-refractivity contribution in [2.45, 2.75) is 0 Å². The van der Waals surface area contributed by atoms with Gasteiger partial charge in [-0.15, -0.1) is 22.7 Å². The van der Waals surface area contributed by atoms with E-state index >= 15 is 0 Å². The van der Waals surface area contributed by atoms with Gasteiger partial charge in [-0.25, -0.2) is 0 Å². The molecule has 0 radical (unpaired) electrons. The molecule has 0 unspecified atom stereocenters. The van der Waals surface area contributed by atoms with Crippen LogP contribution in [0.4, 0.5) is 17.1 Å². The van der Waals surface area contributed by atoms with Crippen LogP contribution >= 0.6 is 22.7 Å². The minimum atomic E-state index is 1.11. The number of rotatable bonds is 5. The first kappa shape index (κ1) is 29.5. The van der Waals surface area contributed by atoms with Gasteiger partial charge in [-0.2, -0.15) is 0 Å². The smallest absolute Gasteiger partial charge is 0.0719 e. The number of benzene rings is 8. The van der Waals surface area contributed by atoms with Crippen molar-refractivity contribution in [3.8, 4) is 16.8 Å². The minimum Gasteiger partial charge on any atom is -0.310 e. The fourth-order valence-electron chi connectivity index (χ4n) is 8.08. The van der Waals surface area contributed by atoms with E-state index in [1.807, 2.05) is 22.7 Å². The lowest BCUT2D eigenvalue weighted by atomic mass is 10.0. The molecular formula is C48H30N2S2. The lowest BCUT2D eigenvalue weighted by Gasteiger charge is -2.27. The second-order valence-corrected chi connectivity index (χ2v) is 15.4. The molecule has 8 aromatic carbocycles. The summed E-state index contributed by atoms with van der Waals surface area (Å²) in [6.07, 6.45) is 0. The highest BCUT2D eigenvalue weighted by Gasteiger charge is 2.21. The number of aromatic nitrogens is 1. The lowest BCUT2D eigenvalue weighted by molar-refractivity contribution is 1.18. The Morgan fingerprint density at radius 2 is 0.942 bits per heavy atom. The number of thiophene rings is 2. The Bertz CT molecular complexity index is 3090. The van der Waals surface area contributed by atoms with Crippen LogP contribution in [-0.4, -0.2) is 4.57 Å². The van der Waals surface area contributed by atoms with Crippen LogP contribution < -0.4 is 4.90 Å². The summed E-state index contributed by atoms with van der Waals surface area (Å²) in [5.41, 5.74) is 9.38. The standard InChI is InChI=1S/C48H30N2S2/c1-3-14-32(15-4-1)49(33-16-5-2-6-17-33)34-28-31(36-21-13-22-41-38-19-8-11-24-44(38)51-47(36)41)29-35(30-34)50-43-23-10-7-18-37(43)40-26-27-42-39-20-9-12-25-45(39)52-48(42)46(40)50/h1-30H. The molecule has 0 saturated heterocycles. The topological polar surface area (TPSA) is 8.17 Å². The van der Waals surface area contributed by atoms with E-state index in [0.29, 0.717) is 0 Å². The maximum atomic E-state index is 2.52. The SMILES string of the molecule is c1ccc(N(c2ccccc2)c2cc(-c3cccc4c3sc3ccccc34)cc(-n3c4ccccc4c4ccc5c6ccccc6sc5c43)c2)cc1. The van der Waals surface area contributed by atoms with Crippen LogP contribution in [0.3, 0.4) is 0 Å². The van der Waals surface area contributed by atoms with Crippen molar-refractivity contribution >= 4 is 102 Å². The van der Waals surface area contributed by atoms with Crippen molar-refractivity contribution in [1.29, 1.82) is 0 Å². The quantitative estimate of drug-likeness (QED) is 0.174. The van der Waals surface area contributed by atoms with Gasteiger partial charge in [0.1, 0.15) is 0 Å². The predicted octanol–water partition coefficient (Wildman–Crippen LogP) is 14.7. The maximum absolute atomic E-state index is 2.52. The fraction of sp³-hybridized carbons (Fsp3) is 0. The van der Waals surface area contributed by atoms with E-state index in [2.05, 4.69) is 191 Å². The summed E-state index contributed by atoms with van der Waals surface area (Å²) >= 11 is 3.78. The second-order valence-electron chi connectivity index (χ2n) is 13.3. The monoisotopic (exact) mass is 698 g/mol. The zero-order valence-corrected chi connectivity index (χ0v) is 29.7. The van der Waals surface area contributed by atoms with Gasteiger partial charge in [0.15, 0.2) is 0 Å². The molecule has 0 amide bonds. The molecule has 0 aliphatic carbocycles. The van der Waals surface area contributed by atoms with E-state index in [-0.39, 0.29) is 0 Å². The second kappa shape index (κ2) is 11.7. The summed E-state index contributed by atoms with van der Waals surface area (Å²) < 4.78 is 7.77. The summed E-state index contributed by atoms with van der Waals surface area (Å²) in [4.78, 5) is 2.39. The molecule has 11 aromatic rings. The van der Waals surface area contributed by atoms with Gasteiger partial charge in [0, 0.05) is 69.2 Å². The molecular weight excluding hydrogens is 669 g/mol. The summed E-state index contributed by atoms with van der Waals surface area (Å²) in [6.45, 7) is 0. The van der Waals surface area contributed by atoms with Crippen LogP contribution in [-0.2, 0) is 0 Å². The Morgan fingerprint density at radius 3 is 1.65 bits per heavy atom. The molecule has 0 aliphatic rings. The van der Waals surface area contributed by atoms with Gasteiger partial charge in [0.05, 0.1) is 15.7 Å². The van der Waals surface area contributed by atoms with Crippen LogP contribution in [0.1, 0.15) is 0 Å². The molecule has 0 saturated carbocycles. The Labute approximate surface area is 308 Å². The van der Waals surface area contributed by atoms with Crippen LogP contribution in [0.5, 0.6) is 0 Å². The Morgan fingerprint density at radius 1 is 0.385 bits per heavy atom. The number of hydrogen-bond acceptors (Lipinski definition) is 3. The highest BCUT2D eigenvalue weighted by atomic mass is 32.1. The molecule has 3 heterocycles. The molecule has 3 aromatic heterocycles. The van der Waals surface area contributed by atoms with Crippen molar-refractivity contribution in [3.63, 3.8) is 0 Å². The third-order valence-corrected chi connectivity index (χ3v) is 12.8. The van der Waals surface area contributed by atoms with Crippen LogP contribution in [0.15, 0.2) is 182 Å². The molecule has 0 bridgehead atoms. The zero-order valence-electron chi connectivity index (χ0n) is 28.0. The number of fused-ring (bicyclic) bond motifs is 10. The summed E-state index contributed by atoms with van der Waals surface area (Å²) in [5.74, 6) is 0. The minimum absolute atomic E-state index is 1.11. The maximum Gasteiger partial charge on any atom is 0.0719 e. The van der Waals surface area contributed by atoms with Crippen LogP contribution in [0.2, 0.25) is 0 Å². The average Bonchev–Trinajstić information content (AvgIpc) is 3.88. The molecule has 0 atom stereocenters. The molecule has 2 nitrogen and oxygen atoms in total. The average molecular weight is 699 g/mol. The Kier molecular flexibility index (Phi) is 6.63. The van der Waals surface area contributed by atoms with Crippen molar-refractivity contribution in [2.75, 3.05) is 4.90 Å². The molecule has 0 spiro atoms. The Hall–Kier alpha value is -6.20. The fourth-order valence-corrected chi connectivity index (χ4v) is 10.6. The van der Waals surface area contributed by atoms with Crippen LogP contribution in [0.25, 0.3) is 79.0 Å². The largest absolute Gasteiger partial charge is 0.310 e. The summed E-state index contributed by atoms with van der Waals surface area (Å²) in [5, 5.41) is 7.77. The van der Waals surface area contributed by atoms with Gasteiger partial charge in [-0.3, -0.25) is 0 Å². The lowest BCUT2D eigenvalue weighted by Crippen LogP contribution is -2.10. The molecule has 4 heteroatoms. The molecule has 0 fully saturated rings. The predicted molar refractivity (Wildman–Crippen MR) is 227 cm³/mol. The first-order valence-electron chi connectivity index (χ1n) is 17.6. The third kappa shape index (κ3) is 4.48. The van der Waals surface area contributed by atoms with Crippen molar-refractivity contribution in [2.24, 2.45) is 0 Å². The van der Waals surface area contributed by atoms with E-state index in [9.17, 15) is 0 Å². The first-order chi connectivity index (χ1) is 25.8. The summed E-state index contributed by atoms with van der Waals surface area (Å²) in [6, 6.07) is 66.6. The van der Waals surface area contributed by atoms with Crippen molar-refractivity contribution < 1.29 is 0 Å². The van der Waals surface area contributed by atoms with E-state index in [0.717, 1.165) is 22.7 Å².